The summed E-state index contributed by atoms with van der Waals surface area (Å²) < 4.78 is 5.79. The maximum Gasteiger partial charge on any atom is 0.306 e. The molecule has 2 N–H and O–H groups in total. The van der Waals surface area contributed by atoms with Gasteiger partial charge in [0, 0.05) is 12.1 Å². The second kappa shape index (κ2) is 4.39. The Balaban J connectivity index is 1.79. The van der Waals surface area contributed by atoms with Crippen LogP contribution in [-0.2, 0) is 22.4 Å². The van der Waals surface area contributed by atoms with Crippen LogP contribution < -0.4 is 0 Å². The summed E-state index contributed by atoms with van der Waals surface area (Å²) in [5, 5.41) is 9.06. The van der Waals surface area contributed by atoms with Crippen LogP contribution in [-0.4, -0.2) is 27.1 Å². The summed E-state index contributed by atoms with van der Waals surface area (Å²) in [7, 11) is 0. The fourth-order valence-electron chi connectivity index (χ4n) is 2.87. The maximum absolute atomic E-state index is 11.0. The van der Waals surface area contributed by atoms with E-state index in [-0.39, 0.29) is 12.0 Å². The third-order valence-electron chi connectivity index (χ3n) is 3.95. The van der Waals surface area contributed by atoms with E-state index in [1.165, 1.54) is 0 Å². The summed E-state index contributed by atoms with van der Waals surface area (Å²) in [6.07, 6.45) is 4.43. The molecule has 3 atom stereocenters. The predicted octanol–water partition coefficient (Wildman–Crippen LogP) is 1.84. The Morgan fingerprint density at radius 1 is 1.44 bits per heavy atom. The number of aromatic nitrogens is 2. The molecule has 5 heteroatoms. The molecule has 1 aromatic rings. The number of hydrogen-bond acceptors (Lipinski definition) is 3. The number of hydrogen-bond donors (Lipinski definition) is 2. The molecule has 2 aliphatic rings. The van der Waals surface area contributed by atoms with Gasteiger partial charge in [-0.3, -0.25) is 4.79 Å². The Morgan fingerprint density at radius 2 is 2.28 bits per heavy atom. The number of carbonyl (C=O) groups is 1. The van der Waals surface area contributed by atoms with Crippen molar-refractivity contribution in [3.63, 3.8) is 0 Å². The average Bonchev–Trinajstić information content (AvgIpc) is 2.93. The highest BCUT2D eigenvalue weighted by atomic mass is 16.5. The lowest BCUT2D eigenvalue weighted by molar-refractivity contribution is -0.142. The third-order valence-corrected chi connectivity index (χ3v) is 3.95. The molecule has 0 radical (unpaired) electrons. The van der Waals surface area contributed by atoms with Crippen molar-refractivity contribution in [2.24, 2.45) is 5.92 Å². The van der Waals surface area contributed by atoms with Crippen molar-refractivity contribution < 1.29 is 14.6 Å². The lowest BCUT2D eigenvalue weighted by atomic mass is 9.90. The highest BCUT2D eigenvalue weighted by Gasteiger charge is 2.30. The molecule has 1 aliphatic carbocycles. The highest BCUT2D eigenvalue weighted by molar-refractivity contribution is 5.70. The van der Waals surface area contributed by atoms with Crippen LogP contribution in [0.3, 0.4) is 0 Å². The first kappa shape index (κ1) is 11.7. The SMILES string of the molecule is CC1CCC(c2nc3c([nH]2)CC(C(=O)O)CC3)O1. The number of aryl methyl sites for hydroxylation is 1. The smallest absolute Gasteiger partial charge is 0.306 e. The van der Waals surface area contributed by atoms with Crippen molar-refractivity contribution in [3.05, 3.63) is 17.2 Å². The second-order valence-corrected chi connectivity index (χ2v) is 5.34. The van der Waals surface area contributed by atoms with Gasteiger partial charge in [-0.1, -0.05) is 0 Å². The highest BCUT2D eigenvalue weighted by Crippen LogP contribution is 2.33. The number of rotatable bonds is 2. The summed E-state index contributed by atoms with van der Waals surface area (Å²) in [5.41, 5.74) is 2.03. The van der Waals surface area contributed by atoms with Crippen LogP contribution in [0.5, 0.6) is 0 Å². The molecule has 0 aromatic carbocycles. The van der Waals surface area contributed by atoms with E-state index in [1.807, 2.05) is 0 Å². The Hall–Kier alpha value is -1.36. The van der Waals surface area contributed by atoms with Gasteiger partial charge >= 0.3 is 5.97 Å². The molecule has 3 unspecified atom stereocenters. The van der Waals surface area contributed by atoms with Gasteiger partial charge in [-0.05, 0) is 32.6 Å². The molecule has 1 aliphatic heterocycles. The Kier molecular flexibility index (Phi) is 2.86. The molecule has 1 fully saturated rings. The van der Waals surface area contributed by atoms with E-state index >= 15 is 0 Å². The van der Waals surface area contributed by atoms with E-state index in [0.29, 0.717) is 18.9 Å². The molecule has 1 aromatic heterocycles. The summed E-state index contributed by atoms with van der Waals surface area (Å²) >= 11 is 0. The molecule has 0 bridgehead atoms. The first-order chi connectivity index (χ1) is 8.63. The van der Waals surface area contributed by atoms with Gasteiger partial charge in [-0.25, -0.2) is 4.98 Å². The minimum absolute atomic E-state index is 0.0638. The first-order valence-corrected chi connectivity index (χ1v) is 6.59. The molecular formula is C13H18N2O3. The number of aliphatic carboxylic acids is 1. The molecule has 0 saturated carbocycles. The summed E-state index contributed by atoms with van der Waals surface area (Å²) in [4.78, 5) is 18.9. The number of carboxylic acids is 1. The van der Waals surface area contributed by atoms with E-state index < -0.39 is 5.97 Å². The van der Waals surface area contributed by atoms with Gasteiger partial charge in [-0.2, -0.15) is 0 Å². The van der Waals surface area contributed by atoms with Crippen molar-refractivity contribution in [1.29, 1.82) is 0 Å². The third kappa shape index (κ3) is 2.03. The largest absolute Gasteiger partial charge is 0.481 e. The topological polar surface area (TPSA) is 75.2 Å². The van der Waals surface area contributed by atoms with Crippen molar-refractivity contribution in [2.75, 3.05) is 0 Å². The van der Waals surface area contributed by atoms with Crippen LogP contribution in [0, 0.1) is 5.92 Å². The van der Waals surface area contributed by atoms with Crippen LogP contribution in [0.2, 0.25) is 0 Å². The fraction of sp³-hybridized carbons (Fsp3) is 0.692. The van der Waals surface area contributed by atoms with Gasteiger partial charge < -0.3 is 14.8 Å². The number of aromatic amines is 1. The number of nitrogens with one attached hydrogen (secondary N) is 1. The van der Waals surface area contributed by atoms with Gasteiger partial charge in [-0.15, -0.1) is 0 Å². The number of carboxylic acid groups (broad SMARTS) is 1. The van der Waals surface area contributed by atoms with Crippen LogP contribution in [0.25, 0.3) is 0 Å². The Morgan fingerprint density at radius 3 is 2.94 bits per heavy atom. The van der Waals surface area contributed by atoms with Gasteiger partial charge in [0.1, 0.15) is 11.9 Å². The van der Waals surface area contributed by atoms with Crippen LogP contribution >= 0.6 is 0 Å². The molecule has 0 amide bonds. The molecule has 98 valence electrons. The minimum Gasteiger partial charge on any atom is -0.481 e. The van der Waals surface area contributed by atoms with Crippen LogP contribution in [0.4, 0.5) is 0 Å². The molecule has 2 heterocycles. The predicted molar refractivity (Wildman–Crippen MR) is 64.3 cm³/mol. The van der Waals surface area contributed by atoms with Gasteiger partial charge in [0.25, 0.3) is 0 Å². The summed E-state index contributed by atoms with van der Waals surface area (Å²) in [6.45, 7) is 2.07. The van der Waals surface area contributed by atoms with Gasteiger partial charge in [0.15, 0.2) is 0 Å². The van der Waals surface area contributed by atoms with Gasteiger partial charge in [0.2, 0.25) is 0 Å². The minimum atomic E-state index is -0.706. The molecule has 0 spiro atoms. The second-order valence-electron chi connectivity index (χ2n) is 5.34. The number of nitrogens with zero attached hydrogens (tertiary/aromatic N) is 1. The van der Waals surface area contributed by atoms with Crippen molar-refractivity contribution in [2.45, 2.75) is 51.2 Å². The van der Waals surface area contributed by atoms with Crippen molar-refractivity contribution >= 4 is 5.97 Å². The number of imidazole rings is 1. The number of H-pyrrole nitrogens is 1. The van der Waals surface area contributed by atoms with Gasteiger partial charge in [0.05, 0.1) is 17.7 Å². The lowest BCUT2D eigenvalue weighted by Crippen LogP contribution is -2.22. The van der Waals surface area contributed by atoms with Crippen molar-refractivity contribution in [3.8, 4) is 0 Å². The number of ether oxygens (including phenoxy) is 1. The van der Waals surface area contributed by atoms with Crippen LogP contribution in [0.1, 0.15) is 49.5 Å². The standard InChI is InChI=1S/C13H18N2O3/c1-7-2-5-11(18-7)12-14-9-4-3-8(13(16)17)6-10(9)15-12/h7-8,11H,2-6H2,1H3,(H,14,15)(H,16,17). The quantitative estimate of drug-likeness (QED) is 0.839. The summed E-state index contributed by atoms with van der Waals surface area (Å²) in [6, 6.07) is 0. The Labute approximate surface area is 106 Å². The molecule has 3 rings (SSSR count). The average molecular weight is 250 g/mol. The van der Waals surface area contributed by atoms with E-state index in [1.54, 1.807) is 0 Å². The van der Waals surface area contributed by atoms with Crippen LogP contribution in [0.15, 0.2) is 0 Å². The first-order valence-electron chi connectivity index (χ1n) is 6.59. The molecule has 1 saturated heterocycles. The zero-order chi connectivity index (χ0) is 12.7. The van der Waals surface area contributed by atoms with Crippen molar-refractivity contribution in [1.82, 2.24) is 9.97 Å². The molecule has 18 heavy (non-hydrogen) atoms. The Bertz CT molecular complexity index is 469. The van der Waals surface area contributed by atoms with E-state index in [4.69, 9.17) is 9.84 Å². The molecular weight excluding hydrogens is 232 g/mol. The fourth-order valence-corrected chi connectivity index (χ4v) is 2.87. The summed E-state index contributed by atoms with van der Waals surface area (Å²) in [5.74, 6) is -0.0906. The molecule has 5 nitrogen and oxygen atoms in total. The van der Waals surface area contributed by atoms with E-state index in [9.17, 15) is 4.79 Å². The zero-order valence-electron chi connectivity index (χ0n) is 10.5. The van der Waals surface area contributed by atoms with E-state index in [2.05, 4.69) is 16.9 Å². The zero-order valence-corrected chi connectivity index (χ0v) is 10.5. The monoisotopic (exact) mass is 250 g/mol. The lowest BCUT2D eigenvalue weighted by Gasteiger charge is -2.16. The van der Waals surface area contributed by atoms with E-state index in [0.717, 1.165) is 36.5 Å². The number of fused-ring (bicyclic) bond motifs is 1. The normalized spacial score (nSPS) is 31.3. The maximum atomic E-state index is 11.0.